The molecule has 1 saturated heterocycles. The molecule has 0 aliphatic carbocycles. The molecular formula is C20H20ClN3O3. The quantitative estimate of drug-likeness (QED) is 0.822. The average Bonchev–Trinajstić information content (AvgIpc) is 2.86. The van der Waals surface area contributed by atoms with Gasteiger partial charge in [-0.15, -0.1) is 0 Å². The van der Waals surface area contributed by atoms with Crippen LogP contribution in [0.5, 0.6) is 0 Å². The molecule has 0 aromatic heterocycles. The summed E-state index contributed by atoms with van der Waals surface area (Å²) in [5.41, 5.74) is 0.708. The maximum absolute atomic E-state index is 13.0. The van der Waals surface area contributed by atoms with E-state index >= 15 is 0 Å². The number of nitrogens with zero attached hydrogens (tertiary/aromatic N) is 2. The van der Waals surface area contributed by atoms with Crippen LogP contribution in [0.25, 0.3) is 0 Å². The van der Waals surface area contributed by atoms with Crippen molar-refractivity contribution in [3.05, 3.63) is 70.2 Å². The van der Waals surface area contributed by atoms with E-state index in [9.17, 15) is 14.4 Å². The van der Waals surface area contributed by atoms with Crippen molar-refractivity contribution < 1.29 is 14.4 Å². The number of halogens is 1. The summed E-state index contributed by atoms with van der Waals surface area (Å²) in [7, 11) is 3.34. The van der Waals surface area contributed by atoms with Crippen LogP contribution in [0.4, 0.5) is 4.79 Å². The van der Waals surface area contributed by atoms with E-state index in [-0.39, 0.29) is 18.4 Å². The third-order valence-electron chi connectivity index (χ3n) is 4.62. The van der Waals surface area contributed by atoms with Crippen molar-refractivity contribution in [1.82, 2.24) is 15.1 Å². The minimum Gasteiger partial charge on any atom is -0.345 e. The molecule has 0 spiro atoms. The molecule has 2 aromatic carbocycles. The Balaban J connectivity index is 1.85. The maximum Gasteiger partial charge on any atom is 0.325 e. The molecule has 1 aliphatic rings. The van der Waals surface area contributed by atoms with Crippen molar-refractivity contribution in [2.75, 3.05) is 14.1 Å². The maximum atomic E-state index is 13.0. The number of imide groups is 1. The molecule has 7 heteroatoms. The van der Waals surface area contributed by atoms with Crippen LogP contribution in [-0.2, 0) is 16.9 Å². The van der Waals surface area contributed by atoms with E-state index in [0.29, 0.717) is 21.7 Å². The van der Waals surface area contributed by atoms with Gasteiger partial charge in [0.25, 0.3) is 11.8 Å². The Hall–Kier alpha value is -2.86. The topological polar surface area (TPSA) is 69.7 Å². The molecule has 0 bridgehead atoms. The molecular weight excluding hydrogens is 366 g/mol. The van der Waals surface area contributed by atoms with E-state index in [0.717, 1.165) is 4.90 Å². The van der Waals surface area contributed by atoms with Crippen molar-refractivity contribution >= 4 is 29.4 Å². The first-order valence-electron chi connectivity index (χ1n) is 8.43. The van der Waals surface area contributed by atoms with Gasteiger partial charge in [0.05, 0.1) is 6.54 Å². The third kappa shape index (κ3) is 3.53. The van der Waals surface area contributed by atoms with Crippen LogP contribution < -0.4 is 5.32 Å². The van der Waals surface area contributed by atoms with Gasteiger partial charge in [-0.05, 0) is 42.3 Å². The average molecular weight is 386 g/mol. The fourth-order valence-electron chi connectivity index (χ4n) is 3.06. The van der Waals surface area contributed by atoms with Crippen LogP contribution in [-0.4, -0.2) is 41.7 Å². The molecule has 0 unspecified atom stereocenters. The van der Waals surface area contributed by atoms with Crippen LogP contribution in [0, 0.1) is 0 Å². The monoisotopic (exact) mass is 385 g/mol. The number of carbonyl (C=O) groups excluding carboxylic acids is 3. The van der Waals surface area contributed by atoms with E-state index in [4.69, 9.17) is 11.6 Å². The van der Waals surface area contributed by atoms with Gasteiger partial charge < -0.3 is 10.2 Å². The highest BCUT2D eigenvalue weighted by Crippen LogP contribution is 2.30. The molecule has 140 valence electrons. The zero-order valence-electron chi connectivity index (χ0n) is 15.3. The summed E-state index contributed by atoms with van der Waals surface area (Å²) >= 11 is 5.91. The van der Waals surface area contributed by atoms with Gasteiger partial charge in [-0.1, -0.05) is 35.9 Å². The molecule has 1 N–H and O–H groups in total. The molecule has 1 fully saturated rings. The number of urea groups is 1. The van der Waals surface area contributed by atoms with Gasteiger partial charge in [-0.3, -0.25) is 14.5 Å². The number of carbonyl (C=O) groups is 3. The fourth-order valence-corrected chi connectivity index (χ4v) is 3.19. The van der Waals surface area contributed by atoms with Crippen molar-refractivity contribution in [2.24, 2.45) is 0 Å². The second-order valence-corrected chi connectivity index (χ2v) is 7.29. The number of benzene rings is 2. The number of nitrogens with one attached hydrogen (secondary N) is 1. The molecule has 0 saturated carbocycles. The summed E-state index contributed by atoms with van der Waals surface area (Å²) < 4.78 is 0. The molecule has 3 rings (SSSR count). The van der Waals surface area contributed by atoms with E-state index in [1.807, 2.05) is 0 Å². The smallest absolute Gasteiger partial charge is 0.325 e. The molecule has 4 amide bonds. The van der Waals surface area contributed by atoms with Gasteiger partial charge in [0.15, 0.2) is 0 Å². The summed E-state index contributed by atoms with van der Waals surface area (Å²) in [4.78, 5) is 40.2. The second kappa shape index (κ2) is 7.04. The SMILES string of the molecule is CN(C)C(=O)c1cccc(CN2C(=O)N[C@](C)(c3ccc(Cl)cc3)C2=O)c1. The number of amides is 4. The molecule has 0 radical (unpaired) electrons. The lowest BCUT2D eigenvalue weighted by Gasteiger charge is -2.22. The van der Waals surface area contributed by atoms with Crippen molar-refractivity contribution in [2.45, 2.75) is 19.0 Å². The van der Waals surface area contributed by atoms with Gasteiger partial charge in [0.2, 0.25) is 0 Å². The van der Waals surface area contributed by atoms with Crippen molar-refractivity contribution in [1.29, 1.82) is 0 Å². The van der Waals surface area contributed by atoms with Gasteiger partial charge >= 0.3 is 6.03 Å². The Labute approximate surface area is 162 Å². The Morgan fingerprint density at radius 2 is 1.81 bits per heavy atom. The fraction of sp³-hybridized carbons (Fsp3) is 0.250. The standard InChI is InChI=1S/C20H20ClN3O3/c1-20(15-7-9-16(21)10-8-15)18(26)24(19(27)22-20)12-13-5-4-6-14(11-13)17(25)23(2)3/h4-11H,12H2,1-3H3,(H,22,27)/t20-/m1/s1. The Bertz CT molecular complexity index is 911. The van der Waals surface area contributed by atoms with E-state index in [1.165, 1.54) is 4.90 Å². The first-order chi connectivity index (χ1) is 12.7. The summed E-state index contributed by atoms with van der Waals surface area (Å²) in [5.74, 6) is -0.487. The number of hydrogen-bond donors (Lipinski definition) is 1. The molecule has 1 atom stereocenters. The molecule has 1 heterocycles. The zero-order valence-corrected chi connectivity index (χ0v) is 16.1. The van der Waals surface area contributed by atoms with Crippen molar-refractivity contribution in [3.63, 3.8) is 0 Å². The van der Waals surface area contributed by atoms with Gasteiger partial charge in [-0.25, -0.2) is 4.79 Å². The van der Waals surface area contributed by atoms with Crippen LogP contribution >= 0.6 is 11.6 Å². The van der Waals surface area contributed by atoms with Crippen LogP contribution in [0.3, 0.4) is 0 Å². The Morgan fingerprint density at radius 1 is 1.15 bits per heavy atom. The van der Waals surface area contributed by atoms with Crippen molar-refractivity contribution in [3.8, 4) is 0 Å². The van der Waals surface area contributed by atoms with Gasteiger partial charge in [0, 0.05) is 24.7 Å². The zero-order chi connectivity index (χ0) is 19.8. The highest BCUT2D eigenvalue weighted by Gasteiger charge is 2.48. The predicted octanol–water partition coefficient (Wildman–Crippen LogP) is 3.01. The second-order valence-electron chi connectivity index (χ2n) is 6.85. The minimum atomic E-state index is -1.15. The lowest BCUT2D eigenvalue weighted by Crippen LogP contribution is -2.40. The molecule has 6 nitrogen and oxygen atoms in total. The highest BCUT2D eigenvalue weighted by atomic mass is 35.5. The summed E-state index contributed by atoms with van der Waals surface area (Å²) in [6.45, 7) is 1.75. The van der Waals surface area contributed by atoms with E-state index < -0.39 is 11.6 Å². The Kier molecular flexibility index (Phi) is 4.93. The van der Waals surface area contributed by atoms with Gasteiger partial charge in [-0.2, -0.15) is 0 Å². The Morgan fingerprint density at radius 3 is 2.44 bits per heavy atom. The summed E-state index contributed by atoms with van der Waals surface area (Å²) in [6, 6.07) is 13.3. The van der Waals surface area contributed by atoms with Crippen LogP contribution in [0.15, 0.2) is 48.5 Å². The molecule has 27 heavy (non-hydrogen) atoms. The number of hydrogen-bond acceptors (Lipinski definition) is 3. The predicted molar refractivity (Wildman–Crippen MR) is 102 cm³/mol. The molecule has 1 aliphatic heterocycles. The first-order valence-corrected chi connectivity index (χ1v) is 8.81. The summed E-state index contributed by atoms with van der Waals surface area (Å²) in [5, 5.41) is 3.31. The third-order valence-corrected chi connectivity index (χ3v) is 4.87. The van der Waals surface area contributed by atoms with E-state index in [1.54, 1.807) is 69.6 Å². The van der Waals surface area contributed by atoms with Crippen LogP contribution in [0.2, 0.25) is 5.02 Å². The van der Waals surface area contributed by atoms with Crippen LogP contribution in [0.1, 0.15) is 28.4 Å². The first kappa shape index (κ1) is 18.9. The summed E-state index contributed by atoms with van der Waals surface area (Å²) in [6.07, 6.45) is 0. The normalized spacial score (nSPS) is 19.2. The lowest BCUT2D eigenvalue weighted by molar-refractivity contribution is -0.131. The lowest BCUT2D eigenvalue weighted by atomic mass is 9.92. The number of rotatable bonds is 4. The highest BCUT2D eigenvalue weighted by molar-refractivity contribution is 6.30. The van der Waals surface area contributed by atoms with Gasteiger partial charge in [0.1, 0.15) is 5.54 Å². The molecule has 2 aromatic rings. The minimum absolute atomic E-state index is 0.0857. The van der Waals surface area contributed by atoms with E-state index in [2.05, 4.69) is 5.32 Å². The largest absolute Gasteiger partial charge is 0.345 e.